The first-order valence-corrected chi connectivity index (χ1v) is 3.81. The zero-order valence-electron chi connectivity index (χ0n) is 6.42. The van der Waals surface area contributed by atoms with Gasteiger partial charge in [0.05, 0.1) is 25.9 Å². The number of aliphatic hydroxyl groups excluding tert-OH is 1. The molecule has 1 heterocycles. The van der Waals surface area contributed by atoms with Crippen molar-refractivity contribution < 1.29 is 9.84 Å². The molecule has 0 spiro atoms. The molecule has 1 aliphatic heterocycles. The van der Waals surface area contributed by atoms with E-state index in [2.05, 4.69) is 11.8 Å². The van der Waals surface area contributed by atoms with Crippen LogP contribution in [0.4, 0.5) is 0 Å². The molecule has 0 bridgehead atoms. The van der Waals surface area contributed by atoms with Crippen LogP contribution in [-0.4, -0.2) is 49.0 Å². The van der Waals surface area contributed by atoms with Crippen molar-refractivity contribution in [2.24, 2.45) is 0 Å². The van der Waals surface area contributed by atoms with Crippen molar-refractivity contribution in [2.45, 2.75) is 13.0 Å². The maximum absolute atomic E-state index is 8.87. The van der Waals surface area contributed by atoms with Crippen LogP contribution in [0.15, 0.2) is 0 Å². The number of nitrogens with zero attached hydrogens (tertiary/aromatic N) is 1. The second-order valence-electron chi connectivity index (χ2n) is 2.54. The van der Waals surface area contributed by atoms with Crippen molar-refractivity contribution >= 4 is 0 Å². The lowest BCUT2D eigenvalue weighted by molar-refractivity contribution is -0.0248. The zero-order chi connectivity index (χ0) is 7.40. The Morgan fingerprint density at radius 2 is 2.50 bits per heavy atom. The van der Waals surface area contributed by atoms with E-state index in [0.717, 1.165) is 19.7 Å². The number of ether oxygens (including phenoxy) is 1. The summed E-state index contributed by atoms with van der Waals surface area (Å²) in [6.45, 7) is 5.78. The van der Waals surface area contributed by atoms with Crippen molar-refractivity contribution in [1.82, 2.24) is 4.90 Å². The van der Waals surface area contributed by atoms with Gasteiger partial charge in [0.2, 0.25) is 0 Å². The molecule has 1 saturated heterocycles. The second kappa shape index (κ2) is 3.91. The standard InChI is InChI=1S/C7H15NO2/c1-2-8-3-4-10-6-7(8)5-9/h7,9H,2-6H2,1H3/t7-/m1/s1. The highest BCUT2D eigenvalue weighted by Gasteiger charge is 2.19. The van der Waals surface area contributed by atoms with Gasteiger partial charge in [-0.15, -0.1) is 0 Å². The normalized spacial score (nSPS) is 28.8. The van der Waals surface area contributed by atoms with Gasteiger partial charge < -0.3 is 9.84 Å². The number of likely N-dealkylation sites (N-methyl/N-ethyl adjacent to an activating group) is 1. The number of rotatable bonds is 2. The fraction of sp³-hybridized carbons (Fsp3) is 1.00. The number of hydrogen-bond donors (Lipinski definition) is 1. The Labute approximate surface area is 61.6 Å². The first-order chi connectivity index (χ1) is 4.88. The van der Waals surface area contributed by atoms with Crippen LogP contribution >= 0.6 is 0 Å². The zero-order valence-corrected chi connectivity index (χ0v) is 6.42. The molecule has 1 N–H and O–H groups in total. The quantitative estimate of drug-likeness (QED) is 0.579. The van der Waals surface area contributed by atoms with Crippen LogP contribution in [0, 0.1) is 0 Å². The maximum Gasteiger partial charge on any atom is 0.0644 e. The summed E-state index contributed by atoms with van der Waals surface area (Å²) in [4.78, 5) is 2.24. The fourth-order valence-electron chi connectivity index (χ4n) is 1.27. The molecule has 0 aromatic rings. The number of hydrogen-bond acceptors (Lipinski definition) is 3. The minimum atomic E-state index is 0.216. The minimum Gasteiger partial charge on any atom is -0.395 e. The highest BCUT2D eigenvalue weighted by Crippen LogP contribution is 2.04. The van der Waals surface area contributed by atoms with Crippen LogP contribution in [-0.2, 0) is 4.74 Å². The Morgan fingerprint density at radius 1 is 1.70 bits per heavy atom. The van der Waals surface area contributed by atoms with Crippen molar-refractivity contribution in [3.8, 4) is 0 Å². The number of morpholine rings is 1. The predicted octanol–water partition coefficient (Wildman–Crippen LogP) is -0.301. The molecular weight excluding hydrogens is 130 g/mol. The van der Waals surface area contributed by atoms with Crippen LogP contribution < -0.4 is 0 Å². The topological polar surface area (TPSA) is 32.7 Å². The van der Waals surface area contributed by atoms with Crippen LogP contribution in [0.25, 0.3) is 0 Å². The molecule has 0 saturated carbocycles. The van der Waals surface area contributed by atoms with E-state index in [1.54, 1.807) is 0 Å². The molecular formula is C7H15NO2. The molecule has 0 aliphatic carbocycles. The molecule has 0 radical (unpaired) electrons. The Balaban J connectivity index is 2.34. The van der Waals surface area contributed by atoms with Crippen LogP contribution in [0.1, 0.15) is 6.92 Å². The summed E-state index contributed by atoms with van der Waals surface area (Å²) in [7, 11) is 0. The van der Waals surface area contributed by atoms with Gasteiger partial charge in [-0.3, -0.25) is 4.90 Å². The van der Waals surface area contributed by atoms with Crippen molar-refractivity contribution in [2.75, 3.05) is 32.9 Å². The SMILES string of the molecule is CCN1CCOC[C@H]1CO. The minimum absolute atomic E-state index is 0.216. The molecule has 0 aromatic heterocycles. The second-order valence-corrected chi connectivity index (χ2v) is 2.54. The van der Waals surface area contributed by atoms with Crippen LogP contribution in [0.5, 0.6) is 0 Å². The summed E-state index contributed by atoms with van der Waals surface area (Å²) in [6, 6.07) is 0.235. The molecule has 60 valence electrons. The van der Waals surface area contributed by atoms with Crippen molar-refractivity contribution in [1.29, 1.82) is 0 Å². The van der Waals surface area contributed by atoms with E-state index in [1.807, 2.05) is 0 Å². The molecule has 1 atom stereocenters. The van der Waals surface area contributed by atoms with Gasteiger partial charge >= 0.3 is 0 Å². The third-order valence-electron chi connectivity index (χ3n) is 1.97. The summed E-state index contributed by atoms with van der Waals surface area (Å²) in [5, 5.41) is 8.87. The molecule has 10 heavy (non-hydrogen) atoms. The first kappa shape index (κ1) is 7.98. The van der Waals surface area contributed by atoms with Gasteiger partial charge in [0.1, 0.15) is 0 Å². The lowest BCUT2D eigenvalue weighted by atomic mass is 10.2. The Hall–Kier alpha value is -0.120. The lowest BCUT2D eigenvalue weighted by Crippen LogP contribution is -2.47. The first-order valence-electron chi connectivity index (χ1n) is 3.81. The van der Waals surface area contributed by atoms with E-state index >= 15 is 0 Å². The van der Waals surface area contributed by atoms with E-state index in [9.17, 15) is 0 Å². The Kier molecular flexibility index (Phi) is 3.12. The predicted molar refractivity (Wildman–Crippen MR) is 38.9 cm³/mol. The number of aliphatic hydroxyl groups is 1. The van der Waals surface area contributed by atoms with Crippen molar-refractivity contribution in [3.05, 3.63) is 0 Å². The van der Waals surface area contributed by atoms with Gasteiger partial charge in [-0.25, -0.2) is 0 Å². The molecule has 3 nitrogen and oxygen atoms in total. The van der Waals surface area contributed by atoms with Gasteiger partial charge in [0.15, 0.2) is 0 Å². The highest BCUT2D eigenvalue weighted by atomic mass is 16.5. The molecule has 1 fully saturated rings. The molecule has 1 rings (SSSR count). The molecule has 3 heteroatoms. The van der Waals surface area contributed by atoms with Gasteiger partial charge in [-0.2, -0.15) is 0 Å². The Morgan fingerprint density at radius 3 is 3.00 bits per heavy atom. The molecule has 1 aliphatic rings. The highest BCUT2D eigenvalue weighted by molar-refractivity contribution is 4.72. The van der Waals surface area contributed by atoms with Gasteiger partial charge in [-0.1, -0.05) is 6.92 Å². The van der Waals surface area contributed by atoms with Crippen LogP contribution in [0.3, 0.4) is 0 Å². The summed E-state index contributed by atoms with van der Waals surface area (Å²) in [5.74, 6) is 0. The molecule has 0 unspecified atom stereocenters. The summed E-state index contributed by atoms with van der Waals surface area (Å²) in [5.41, 5.74) is 0. The van der Waals surface area contributed by atoms with E-state index in [0.29, 0.717) is 6.61 Å². The third kappa shape index (κ3) is 1.68. The summed E-state index contributed by atoms with van der Waals surface area (Å²) < 4.78 is 5.20. The van der Waals surface area contributed by atoms with E-state index < -0.39 is 0 Å². The van der Waals surface area contributed by atoms with Gasteiger partial charge in [0, 0.05) is 6.54 Å². The van der Waals surface area contributed by atoms with Gasteiger partial charge in [-0.05, 0) is 6.54 Å². The summed E-state index contributed by atoms with van der Waals surface area (Å²) in [6.07, 6.45) is 0. The third-order valence-corrected chi connectivity index (χ3v) is 1.97. The van der Waals surface area contributed by atoms with Gasteiger partial charge in [0.25, 0.3) is 0 Å². The largest absolute Gasteiger partial charge is 0.395 e. The van der Waals surface area contributed by atoms with E-state index in [1.165, 1.54) is 0 Å². The lowest BCUT2D eigenvalue weighted by Gasteiger charge is -2.33. The smallest absolute Gasteiger partial charge is 0.0644 e. The fourth-order valence-corrected chi connectivity index (χ4v) is 1.27. The Bertz CT molecular complexity index is 85.6. The van der Waals surface area contributed by atoms with E-state index in [-0.39, 0.29) is 12.6 Å². The van der Waals surface area contributed by atoms with E-state index in [4.69, 9.17) is 9.84 Å². The maximum atomic E-state index is 8.87. The van der Waals surface area contributed by atoms with Crippen molar-refractivity contribution in [3.63, 3.8) is 0 Å². The average Bonchev–Trinajstić information content (AvgIpc) is 2.04. The molecule has 0 aromatic carbocycles. The monoisotopic (exact) mass is 145 g/mol. The average molecular weight is 145 g/mol. The molecule has 0 amide bonds. The summed E-state index contributed by atoms with van der Waals surface area (Å²) >= 11 is 0. The van der Waals surface area contributed by atoms with Crippen LogP contribution in [0.2, 0.25) is 0 Å².